The number of carbonyl (C=O) groups is 1. The molecule has 0 bridgehead atoms. The molecule has 1 unspecified atom stereocenters. The first-order valence-corrected chi connectivity index (χ1v) is 6.43. The Bertz CT molecular complexity index is 354. The summed E-state index contributed by atoms with van der Waals surface area (Å²) in [5.74, 6) is 0.164. The third-order valence-electron chi connectivity index (χ3n) is 2.28. The molecule has 0 aliphatic rings. The Morgan fingerprint density at radius 3 is 2.38 bits per heavy atom. The van der Waals surface area contributed by atoms with Crippen LogP contribution in [0.3, 0.4) is 0 Å². The minimum atomic E-state index is -0.722. The molecule has 0 radical (unpaired) electrons. The predicted octanol–water partition coefficient (Wildman–Crippen LogP) is 3.40. The molecule has 0 heterocycles. The molecule has 0 aliphatic carbocycles. The van der Waals surface area contributed by atoms with Crippen LogP contribution in [0.2, 0.25) is 0 Å². The van der Waals surface area contributed by atoms with Crippen molar-refractivity contribution in [3.63, 3.8) is 0 Å². The van der Waals surface area contributed by atoms with Gasteiger partial charge in [0.25, 0.3) is 0 Å². The summed E-state index contributed by atoms with van der Waals surface area (Å²) >= 11 is 1.69. The molecule has 1 aromatic rings. The van der Waals surface area contributed by atoms with Gasteiger partial charge in [-0.05, 0) is 19.4 Å². The number of carboxylic acids is 1. The van der Waals surface area contributed by atoms with Gasteiger partial charge in [-0.2, -0.15) is 11.8 Å². The normalized spacial score (nSPS) is 12.4. The van der Waals surface area contributed by atoms with E-state index in [2.05, 4.69) is 32.0 Å². The molecule has 16 heavy (non-hydrogen) atoms. The van der Waals surface area contributed by atoms with Gasteiger partial charge in [0, 0.05) is 11.0 Å². The second-order valence-electron chi connectivity index (χ2n) is 4.22. The lowest BCUT2D eigenvalue weighted by Crippen LogP contribution is -2.05. The van der Waals surface area contributed by atoms with E-state index in [1.54, 1.807) is 11.8 Å². The van der Waals surface area contributed by atoms with E-state index < -0.39 is 5.97 Å². The Balaban J connectivity index is 2.51. The van der Waals surface area contributed by atoms with Gasteiger partial charge >= 0.3 is 5.97 Å². The topological polar surface area (TPSA) is 37.3 Å². The van der Waals surface area contributed by atoms with Gasteiger partial charge in [0.05, 0.1) is 6.42 Å². The fourth-order valence-electron chi connectivity index (χ4n) is 1.70. The highest BCUT2D eigenvalue weighted by Crippen LogP contribution is 2.21. The standard InChI is InChI=1S/C13H18O2S/c1-9-4-10(2)6-12(5-9)8-16-11(3)7-13(14)15/h4-6,11H,7-8H2,1-3H3,(H,14,15). The first-order valence-electron chi connectivity index (χ1n) is 5.38. The van der Waals surface area contributed by atoms with Gasteiger partial charge < -0.3 is 5.11 Å². The molecule has 0 fully saturated rings. The molecule has 1 aromatic carbocycles. The maximum Gasteiger partial charge on any atom is 0.304 e. The van der Waals surface area contributed by atoms with Crippen LogP contribution in [0.1, 0.15) is 30.0 Å². The van der Waals surface area contributed by atoms with Crippen LogP contribution in [-0.2, 0) is 10.5 Å². The average molecular weight is 238 g/mol. The van der Waals surface area contributed by atoms with E-state index in [0.29, 0.717) is 0 Å². The minimum Gasteiger partial charge on any atom is -0.481 e. The number of hydrogen-bond donors (Lipinski definition) is 1. The van der Waals surface area contributed by atoms with Crippen molar-refractivity contribution in [3.05, 3.63) is 34.9 Å². The Hall–Kier alpha value is -0.960. The summed E-state index contributed by atoms with van der Waals surface area (Å²) in [7, 11) is 0. The highest BCUT2D eigenvalue weighted by Gasteiger charge is 2.08. The highest BCUT2D eigenvalue weighted by atomic mass is 32.2. The molecule has 1 rings (SSSR count). The molecule has 88 valence electrons. The van der Waals surface area contributed by atoms with Gasteiger partial charge in [-0.25, -0.2) is 0 Å². The second-order valence-corrected chi connectivity index (χ2v) is 5.64. The largest absolute Gasteiger partial charge is 0.481 e. The number of aryl methyl sites for hydroxylation is 2. The lowest BCUT2D eigenvalue weighted by Gasteiger charge is -2.09. The molecule has 2 nitrogen and oxygen atoms in total. The number of rotatable bonds is 5. The average Bonchev–Trinajstić information content (AvgIpc) is 2.12. The van der Waals surface area contributed by atoms with Gasteiger partial charge in [-0.15, -0.1) is 0 Å². The summed E-state index contributed by atoms with van der Waals surface area (Å²) in [5.41, 5.74) is 3.81. The summed E-state index contributed by atoms with van der Waals surface area (Å²) in [5, 5.41) is 8.82. The third-order valence-corrected chi connectivity index (χ3v) is 3.51. The zero-order valence-corrected chi connectivity index (χ0v) is 10.8. The van der Waals surface area contributed by atoms with Crippen LogP contribution in [-0.4, -0.2) is 16.3 Å². The van der Waals surface area contributed by atoms with Crippen LogP contribution in [0.15, 0.2) is 18.2 Å². The number of thioether (sulfide) groups is 1. The smallest absolute Gasteiger partial charge is 0.304 e. The van der Waals surface area contributed by atoms with E-state index in [-0.39, 0.29) is 11.7 Å². The number of carboxylic acid groups (broad SMARTS) is 1. The summed E-state index contributed by atoms with van der Waals surface area (Å²) < 4.78 is 0. The molecular weight excluding hydrogens is 220 g/mol. The van der Waals surface area contributed by atoms with Crippen molar-refractivity contribution in [1.82, 2.24) is 0 Å². The molecule has 0 saturated carbocycles. The number of hydrogen-bond acceptors (Lipinski definition) is 2. The SMILES string of the molecule is Cc1cc(C)cc(CSC(C)CC(=O)O)c1. The lowest BCUT2D eigenvalue weighted by atomic mass is 10.1. The summed E-state index contributed by atoms with van der Waals surface area (Å²) in [6.07, 6.45) is 0.232. The third kappa shape index (κ3) is 4.71. The zero-order valence-electron chi connectivity index (χ0n) is 9.99. The fraction of sp³-hybridized carbons (Fsp3) is 0.462. The van der Waals surface area contributed by atoms with E-state index in [1.165, 1.54) is 16.7 Å². The molecule has 1 atom stereocenters. The van der Waals surface area contributed by atoms with Crippen molar-refractivity contribution in [1.29, 1.82) is 0 Å². The van der Waals surface area contributed by atoms with Crippen LogP contribution >= 0.6 is 11.8 Å². The Morgan fingerprint density at radius 1 is 1.31 bits per heavy atom. The van der Waals surface area contributed by atoms with E-state index in [9.17, 15) is 4.79 Å². The molecule has 0 saturated heterocycles. The molecule has 1 N–H and O–H groups in total. The van der Waals surface area contributed by atoms with Crippen LogP contribution in [0.5, 0.6) is 0 Å². The van der Waals surface area contributed by atoms with Crippen molar-refractivity contribution < 1.29 is 9.90 Å². The molecule has 0 amide bonds. The first kappa shape index (κ1) is 13.1. The van der Waals surface area contributed by atoms with Crippen molar-refractivity contribution in [2.45, 2.75) is 38.2 Å². The Morgan fingerprint density at radius 2 is 1.88 bits per heavy atom. The molecule has 0 spiro atoms. The van der Waals surface area contributed by atoms with E-state index in [4.69, 9.17) is 5.11 Å². The fourth-order valence-corrected chi connectivity index (χ4v) is 2.60. The monoisotopic (exact) mass is 238 g/mol. The van der Waals surface area contributed by atoms with E-state index >= 15 is 0 Å². The quantitative estimate of drug-likeness (QED) is 0.854. The maximum atomic E-state index is 10.5. The van der Waals surface area contributed by atoms with Crippen molar-refractivity contribution in [2.24, 2.45) is 0 Å². The second kappa shape index (κ2) is 5.94. The van der Waals surface area contributed by atoms with Crippen molar-refractivity contribution >= 4 is 17.7 Å². The summed E-state index contributed by atoms with van der Waals surface area (Å²) in [6.45, 7) is 6.13. The first-order chi connectivity index (χ1) is 7.47. The Labute approximate surface area is 101 Å². The van der Waals surface area contributed by atoms with Gasteiger partial charge in [0.2, 0.25) is 0 Å². The molecular formula is C13H18O2S. The van der Waals surface area contributed by atoms with Crippen LogP contribution < -0.4 is 0 Å². The minimum absolute atomic E-state index is 0.165. The van der Waals surface area contributed by atoms with Crippen molar-refractivity contribution in [2.75, 3.05) is 0 Å². The van der Waals surface area contributed by atoms with Crippen molar-refractivity contribution in [3.8, 4) is 0 Å². The van der Waals surface area contributed by atoms with Crippen LogP contribution in [0.4, 0.5) is 0 Å². The van der Waals surface area contributed by atoms with Gasteiger partial charge in [0.15, 0.2) is 0 Å². The molecule has 0 aromatic heterocycles. The summed E-state index contributed by atoms with van der Waals surface area (Å²) in [4.78, 5) is 10.5. The molecule has 0 aliphatic heterocycles. The number of aliphatic carboxylic acids is 1. The van der Waals surface area contributed by atoms with Crippen LogP contribution in [0.25, 0.3) is 0 Å². The Kier molecular flexibility index (Phi) is 4.87. The lowest BCUT2D eigenvalue weighted by molar-refractivity contribution is -0.136. The summed E-state index contributed by atoms with van der Waals surface area (Å²) in [6, 6.07) is 6.47. The zero-order chi connectivity index (χ0) is 12.1. The van der Waals surface area contributed by atoms with Gasteiger partial charge in [-0.1, -0.05) is 36.2 Å². The van der Waals surface area contributed by atoms with E-state index in [0.717, 1.165) is 5.75 Å². The predicted molar refractivity (Wildman–Crippen MR) is 68.9 cm³/mol. The molecule has 3 heteroatoms. The van der Waals surface area contributed by atoms with Gasteiger partial charge in [-0.3, -0.25) is 4.79 Å². The number of benzene rings is 1. The van der Waals surface area contributed by atoms with Gasteiger partial charge in [0.1, 0.15) is 0 Å². The van der Waals surface area contributed by atoms with E-state index in [1.807, 2.05) is 6.92 Å². The van der Waals surface area contributed by atoms with Crippen LogP contribution in [0, 0.1) is 13.8 Å². The highest BCUT2D eigenvalue weighted by molar-refractivity contribution is 7.99. The maximum absolute atomic E-state index is 10.5.